The summed E-state index contributed by atoms with van der Waals surface area (Å²) in [6.07, 6.45) is 1.70. The number of piperidine rings is 1. The third kappa shape index (κ3) is 6.16. The number of nitrogens with one attached hydrogen (secondary N) is 1. The number of aromatic nitrogens is 1. The van der Waals surface area contributed by atoms with Crippen LogP contribution in [0.25, 0.3) is 0 Å². The number of carbonyl (C=O) groups excluding carboxylic acids is 1. The largest absolute Gasteiger partial charge is 0.493 e. The molecule has 0 aliphatic carbocycles. The number of amides is 1. The molecule has 2 aromatic rings. The van der Waals surface area contributed by atoms with Gasteiger partial charge in [0.1, 0.15) is 6.61 Å². The van der Waals surface area contributed by atoms with Gasteiger partial charge in [0.2, 0.25) is 5.91 Å². The average molecular weight is 420 g/mol. The van der Waals surface area contributed by atoms with Gasteiger partial charge in [-0.25, -0.2) is 4.98 Å². The highest BCUT2D eigenvalue weighted by molar-refractivity contribution is 7.09. The Hall–Kier alpha value is -2.16. The Kier molecular flexibility index (Phi) is 7.85. The number of likely N-dealkylation sites (tertiary alicyclic amines) is 1. The summed E-state index contributed by atoms with van der Waals surface area (Å²) >= 11 is 1.68. The molecule has 7 nitrogen and oxygen atoms in total. The summed E-state index contributed by atoms with van der Waals surface area (Å²) < 4.78 is 16.0. The third-order valence-electron chi connectivity index (χ3n) is 4.99. The highest BCUT2D eigenvalue weighted by Crippen LogP contribution is 2.31. The first-order chi connectivity index (χ1) is 14.1. The van der Waals surface area contributed by atoms with Crippen molar-refractivity contribution in [1.29, 1.82) is 0 Å². The maximum absolute atomic E-state index is 12.7. The summed E-state index contributed by atoms with van der Waals surface area (Å²) in [7, 11) is 3.22. The van der Waals surface area contributed by atoms with Crippen LogP contribution in [-0.2, 0) is 16.1 Å². The molecule has 29 heavy (non-hydrogen) atoms. The zero-order valence-electron chi connectivity index (χ0n) is 17.3. The Labute approximate surface area is 176 Å². The number of aryl methyl sites for hydroxylation is 1. The molecule has 158 valence electrons. The van der Waals surface area contributed by atoms with E-state index in [9.17, 15) is 4.79 Å². The lowest BCUT2D eigenvalue weighted by Gasteiger charge is -2.30. The Balaban J connectivity index is 1.51. The van der Waals surface area contributed by atoms with Gasteiger partial charge in [-0.1, -0.05) is 0 Å². The minimum Gasteiger partial charge on any atom is -0.493 e. The number of carbonyl (C=O) groups is 1. The van der Waals surface area contributed by atoms with Gasteiger partial charge >= 0.3 is 0 Å². The molecule has 0 unspecified atom stereocenters. The SMILES string of the molecule is COCCOc1cc(NC(=O)C2CCN(Cc3csc(C)n3)CC2)ccc1OC. The van der Waals surface area contributed by atoms with Gasteiger partial charge in [-0.3, -0.25) is 9.69 Å². The Morgan fingerprint density at radius 2 is 2.03 bits per heavy atom. The molecule has 1 saturated heterocycles. The number of hydrogen-bond acceptors (Lipinski definition) is 7. The number of anilines is 1. The first kappa shape index (κ1) is 21.5. The number of benzene rings is 1. The molecule has 1 aromatic heterocycles. The average Bonchev–Trinajstić information content (AvgIpc) is 3.13. The van der Waals surface area contributed by atoms with Gasteiger partial charge in [-0.15, -0.1) is 11.3 Å². The van der Waals surface area contributed by atoms with E-state index >= 15 is 0 Å². The normalized spacial score (nSPS) is 15.3. The molecule has 1 aliphatic heterocycles. The Morgan fingerprint density at radius 3 is 2.69 bits per heavy atom. The Morgan fingerprint density at radius 1 is 1.24 bits per heavy atom. The van der Waals surface area contributed by atoms with Crippen LogP contribution in [-0.4, -0.2) is 56.3 Å². The molecule has 0 radical (unpaired) electrons. The van der Waals surface area contributed by atoms with Gasteiger partial charge in [0.25, 0.3) is 0 Å². The molecule has 1 amide bonds. The standard InChI is InChI=1S/C21H29N3O4S/c1-15-22-18(14-29-15)13-24-8-6-16(7-9-24)21(25)23-17-4-5-19(27-3)20(12-17)28-11-10-26-2/h4-5,12,14,16H,6-11,13H2,1-3H3,(H,23,25). The van der Waals surface area contributed by atoms with Gasteiger partial charge in [0.05, 0.1) is 24.4 Å². The van der Waals surface area contributed by atoms with Gasteiger partial charge in [-0.05, 0) is 45.0 Å². The summed E-state index contributed by atoms with van der Waals surface area (Å²) in [4.78, 5) is 19.6. The molecule has 8 heteroatoms. The van der Waals surface area contributed by atoms with E-state index in [2.05, 4.69) is 20.6 Å². The fraction of sp³-hybridized carbons (Fsp3) is 0.524. The minimum absolute atomic E-state index is 0.0170. The summed E-state index contributed by atoms with van der Waals surface area (Å²) in [5.74, 6) is 1.30. The highest BCUT2D eigenvalue weighted by Gasteiger charge is 2.25. The number of ether oxygens (including phenoxy) is 3. The van der Waals surface area contributed by atoms with Crippen LogP contribution in [0.1, 0.15) is 23.5 Å². The molecule has 1 fully saturated rings. The molecule has 0 spiro atoms. The van der Waals surface area contributed by atoms with E-state index in [1.807, 2.05) is 13.0 Å². The predicted octanol–water partition coefficient (Wildman–Crippen LogP) is 3.34. The van der Waals surface area contributed by atoms with Crippen LogP contribution in [0, 0.1) is 12.8 Å². The van der Waals surface area contributed by atoms with E-state index in [4.69, 9.17) is 14.2 Å². The number of nitrogens with zero attached hydrogens (tertiary/aromatic N) is 2. The molecule has 2 heterocycles. The minimum atomic E-state index is 0.0170. The van der Waals surface area contributed by atoms with E-state index in [-0.39, 0.29) is 11.8 Å². The molecule has 0 atom stereocenters. The van der Waals surface area contributed by atoms with Crippen molar-refractivity contribution >= 4 is 22.9 Å². The molecular formula is C21H29N3O4S. The quantitative estimate of drug-likeness (QED) is 0.629. The fourth-order valence-electron chi connectivity index (χ4n) is 3.41. The van der Waals surface area contributed by atoms with E-state index < -0.39 is 0 Å². The number of methoxy groups -OCH3 is 2. The summed E-state index contributed by atoms with van der Waals surface area (Å²) in [6, 6.07) is 5.43. The van der Waals surface area contributed by atoms with Crippen LogP contribution >= 0.6 is 11.3 Å². The lowest BCUT2D eigenvalue weighted by Crippen LogP contribution is -2.37. The zero-order valence-corrected chi connectivity index (χ0v) is 18.1. The third-order valence-corrected chi connectivity index (χ3v) is 5.81. The van der Waals surface area contributed by atoms with Crippen LogP contribution in [0.5, 0.6) is 11.5 Å². The van der Waals surface area contributed by atoms with Crippen LogP contribution in [0.3, 0.4) is 0 Å². The van der Waals surface area contributed by atoms with E-state index in [1.165, 1.54) is 0 Å². The van der Waals surface area contributed by atoms with Crippen molar-refractivity contribution in [3.05, 3.63) is 34.3 Å². The summed E-state index contributed by atoms with van der Waals surface area (Å²) in [5.41, 5.74) is 1.83. The Bertz CT molecular complexity index is 803. The molecule has 1 aromatic carbocycles. The van der Waals surface area contributed by atoms with Crippen molar-refractivity contribution < 1.29 is 19.0 Å². The topological polar surface area (TPSA) is 72.9 Å². The fourth-order valence-corrected chi connectivity index (χ4v) is 4.01. The lowest BCUT2D eigenvalue weighted by molar-refractivity contribution is -0.121. The second-order valence-electron chi connectivity index (χ2n) is 7.10. The smallest absolute Gasteiger partial charge is 0.227 e. The summed E-state index contributed by atoms with van der Waals surface area (Å²) in [5, 5.41) is 6.24. The molecule has 1 aliphatic rings. The summed E-state index contributed by atoms with van der Waals surface area (Å²) in [6.45, 7) is 5.60. The van der Waals surface area contributed by atoms with Gasteiger partial charge in [0.15, 0.2) is 11.5 Å². The second-order valence-corrected chi connectivity index (χ2v) is 8.17. The predicted molar refractivity (Wildman–Crippen MR) is 114 cm³/mol. The molecule has 1 N–H and O–H groups in total. The zero-order chi connectivity index (χ0) is 20.6. The number of hydrogen-bond donors (Lipinski definition) is 1. The monoisotopic (exact) mass is 419 g/mol. The van der Waals surface area contributed by atoms with E-state index in [0.717, 1.165) is 43.2 Å². The van der Waals surface area contributed by atoms with Crippen LogP contribution in [0.2, 0.25) is 0 Å². The molecule has 0 bridgehead atoms. The van der Waals surface area contributed by atoms with E-state index in [0.29, 0.717) is 30.4 Å². The van der Waals surface area contributed by atoms with Crippen molar-refractivity contribution in [3.8, 4) is 11.5 Å². The number of rotatable bonds is 9. The van der Waals surface area contributed by atoms with Crippen LogP contribution in [0.4, 0.5) is 5.69 Å². The molecule has 3 rings (SSSR count). The van der Waals surface area contributed by atoms with Crippen LogP contribution < -0.4 is 14.8 Å². The van der Waals surface area contributed by atoms with Crippen molar-refractivity contribution in [3.63, 3.8) is 0 Å². The number of thiazole rings is 1. The van der Waals surface area contributed by atoms with Crippen molar-refractivity contribution in [1.82, 2.24) is 9.88 Å². The van der Waals surface area contributed by atoms with Gasteiger partial charge in [-0.2, -0.15) is 0 Å². The maximum atomic E-state index is 12.7. The van der Waals surface area contributed by atoms with Gasteiger partial charge in [0, 0.05) is 36.7 Å². The lowest BCUT2D eigenvalue weighted by atomic mass is 9.95. The highest BCUT2D eigenvalue weighted by atomic mass is 32.1. The van der Waals surface area contributed by atoms with Crippen LogP contribution in [0.15, 0.2) is 23.6 Å². The molecular weight excluding hydrogens is 390 g/mol. The van der Waals surface area contributed by atoms with Gasteiger partial charge < -0.3 is 19.5 Å². The first-order valence-corrected chi connectivity index (χ1v) is 10.7. The van der Waals surface area contributed by atoms with Crippen molar-refractivity contribution in [2.75, 3.05) is 45.8 Å². The molecule has 0 saturated carbocycles. The van der Waals surface area contributed by atoms with Crippen molar-refractivity contribution in [2.45, 2.75) is 26.3 Å². The first-order valence-electron chi connectivity index (χ1n) is 9.83. The maximum Gasteiger partial charge on any atom is 0.227 e. The second kappa shape index (κ2) is 10.6. The van der Waals surface area contributed by atoms with E-state index in [1.54, 1.807) is 37.7 Å². The van der Waals surface area contributed by atoms with Crippen molar-refractivity contribution in [2.24, 2.45) is 5.92 Å².